The number of rotatable bonds is 7. The average Bonchev–Trinajstić information content (AvgIpc) is 3.07. The van der Waals surface area contributed by atoms with Gasteiger partial charge >= 0.3 is 12.1 Å². The molecular weight excluding hydrogens is 450 g/mol. The van der Waals surface area contributed by atoms with E-state index in [4.69, 9.17) is 9.84 Å². The Hall–Kier alpha value is -3.88. The van der Waals surface area contributed by atoms with Crippen molar-refractivity contribution >= 4 is 23.9 Å². The molecule has 9 heteroatoms. The third-order valence-electron chi connectivity index (χ3n) is 6.57. The Labute approximate surface area is 203 Å². The minimum Gasteiger partial charge on any atom is -0.481 e. The summed E-state index contributed by atoms with van der Waals surface area (Å²) in [5, 5.41) is 11.7. The molecule has 4 rings (SSSR count). The van der Waals surface area contributed by atoms with Gasteiger partial charge in [-0.25, -0.2) is 4.79 Å². The van der Waals surface area contributed by atoms with Crippen molar-refractivity contribution in [3.63, 3.8) is 0 Å². The highest BCUT2D eigenvalue weighted by molar-refractivity contribution is 5.90. The number of carboxylic acids is 1. The number of aliphatic carboxylic acids is 1. The number of hydrogen-bond donors (Lipinski definition) is 2. The van der Waals surface area contributed by atoms with Crippen LogP contribution in [0.15, 0.2) is 48.5 Å². The molecule has 0 saturated carbocycles. The van der Waals surface area contributed by atoms with E-state index in [1.165, 1.54) is 4.90 Å². The van der Waals surface area contributed by atoms with Gasteiger partial charge in [-0.05, 0) is 35.1 Å². The molecule has 0 bridgehead atoms. The first-order chi connectivity index (χ1) is 16.8. The number of hydrogen-bond acceptors (Lipinski definition) is 5. The number of carbonyl (C=O) groups is 4. The maximum Gasteiger partial charge on any atom is 0.407 e. The van der Waals surface area contributed by atoms with Crippen LogP contribution >= 0.6 is 0 Å². The van der Waals surface area contributed by atoms with Crippen molar-refractivity contribution in [3.05, 3.63) is 59.7 Å². The summed E-state index contributed by atoms with van der Waals surface area (Å²) in [7, 11) is 1.67. The second-order valence-corrected chi connectivity index (χ2v) is 8.88. The van der Waals surface area contributed by atoms with Gasteiger partial charge in [0.1, 0.15) is 12.6 Å². The molecule has 1 unspecified atom stereocenters. The Morgan fingerprint density at radius 3 is 2.31 bits per heavy atom. The zero-order chi connectivity index (χ0) is 24.9. The number of carboxylic acid groups (broad SMARTS) is 1. The largest absolute Gasteiger partial charge is 0.481 e. The predicted octanol–water partition coefficient (Wildman–Crippen LogP) is 2.45. The summed E-state index contributed by atoms with van der Waals surface area (Å²) in [6.45, 7) is 0.852. The van der Waals surface area contributed by atoms with Crippen LogP contribution in [-0.4, -0.2) is 78.1 Å². The van der Waals surface area contributed by atoms with Crippen LogP contribution in [0.1, 0.15) is 36.3 Å². The highest BCUT2D eigenvalue weighted by atomic mass is 16.5. The van der Waals surface area contributed by atoms with Crippen molar-refractivity contribution in [1.82, 2.24) is 15.1 Å². The van der Waals surface area contributed by atoms with Gasteiger partial charge in [0.05, 0.1) is 6.54 Å². The van der Waals surface area contributed by atoms with E-state index in [0.29, 0.717) is 19.5 Å². The normalized spacial score (nSPS) is 16.2. The van der Waals surface area contributed by atoms with Crippen LogP contribution in [-0.2, 0) is 19.1 Å². The van der Waals surface area contributed by atoms with Gasteiger partial charge in [0, 0.05) is 32.5 Å². The molecule has 184 valence electrons. The minimum absolute atomic E-state index is 0.0761. The van der Waals surface area contributed by atoms with Crippen LogP contribution in [0, 0.1) is 0 Å². The minimum atomic E-state index is -1.10. The number of likely N-dealkylation sites (N-methyl/N-ethyl adjacent to an activating group) is 1. The van der Waals surface area contributed by atoms with Gasteiger partial charge in [-0.1, -0.05) is 48.5 Å². The third-order valence-corrected chi connectivity index (χ3v) is 6.57. The Balaban J connectivity index is 1.43. The lowest BCUT2D eigenvalue weighted by Gasteiger charge is -2.26. The fourth-order valence-electron chi connectivity index (χ4n) is 4.70. The smallest absolute Gasteiger partial charge is 0.407 e. The summed E-state index contributed by atoms with van der Waals surface area (Å²) in [6.07, 6.45) is -0.598. The number of benzene rings is 2. The van der Waals surface area contributed by atoms with Crippen LogP contribution in [0.5, 0.6) is 0 Å². The zero-order valence-corrected chi connectivity index (χ0v) is 19.6. The molecule has 1 fully saturated rings. The van der Waals surface area contributed by atoms with Gasteiger partial charge in [-0.15, -0.1) is 0 Å². The molecule has 1 aliphatic heterocycles. The van der Waals surface area contributed by atoms with Crippen LogP contribution in [0.2, 0.25) is 0 Å². The van der Waals surface area contributed by atoms with Crippen LogP contribution in [0.4, 0.5) is 4.79 Å². The van der Waals surface area contributed by atoms with Crippen molar-refractivity contribution < 1.29 is 29.0 Å². The van der Waals surface area contributed by atoms with E-state index in [0.717, 1.165) is 22.3 Å². The van der Waals surface area contributed by atoms with Gasteiger partial charge in [0.25, 0.3) is 0 Å². The molecule has 35 heavy (non-hydrogen) atoms. The lowest BCUT2D eigenvalue weighted by molar-refractivity contribution is -0.140. The van der Waals surface area contributed by atoms with Gasteiger partial charge in [-0.3, -0.25) is 14.4 Å². The number of amides is 3. The van der Waals surface area contributed by atoms with E-state index in [1.807, 2.05) is 48.5 Å². The molecule has 2 aromatic carbocycles. The molecule has 1 saturated heterocycles. The molecule has 1 heterocycles. The first-order valence-electron chi connectivity index (χ1n) is 11.7. The van der Waals surface area contributed by atoms with Crippen molar-refractivity contribution in [2.24, 2.45) is 0 Å². The summed E-state index contributed by atoms with van der Waals surface area (Å²) in [5.74, 6) is -1.90. The van der Waals surface area contributed by atoms with E-state index in [1.54, 1.807) is 11.9 Å². The summed E-state index contributed by atoms with van der Waals surface area (Å²) in [4.78, 5) is 52.1. The van der Waals surface area contributed by atoms with Gasteiger partial charge in [-0.2, -0.15) is 0 Å². The SMILES string of the molecule is CN1CCCN(C(=O)C(CCC(=O)O)NC(=O)OCC2c3ccccc3-c3ccccc32)CC1=O. The maximum absolute atomic E-state index is 13.1. The topological polar surface area (TPSA) is 116 Å². The zero-order valence-electron chi connectivity index (χ0n) is 19.6. The Morgan fingerprint density at radius 2 is 1.69 bits per heavy atom. The second-order valence-electron chi connectivity index (χ2n) is 8.88. The predicted molar refractivity (Wildman–Crippen MR) is 128 cm³/mol. The molecular formula is C26H29N3O6. The molecule has 2 N–H and O–H groups in total. The monoisotopic (exact) mass is 479 g/mol. The molecule has 3 amide bonds. The highest BCUT2D eigenvalue weighted by Gasteiger charge is 2.32. The first kappa shape index (κ1) is 24.3. The van der Waals surface area contributed by atoms with Gasteiger partial charge in [0.2, 0.25) is 11.8 Å². The standard InChI is InChI=1S/C26H29N3O6/c1-28-13-6-14-29(15-23(28)30)25(33)22(11-12-24(31)32)27-26(34)35-16-21-19-9-4-2-7-17(19)18-8-3-5-10-20(18)21/h2-5,7-10,21-22H,6,11-16H2,1H3,(H,27,34)(H,31,32). The molecule has 1 aliphatic carbocycles. The van der Waals surface area contributed by atoms with Crippen LogP contribution in [0.3, 0.4) is 0 Å². The lowest BCUT2D eigenvalue weighted by Crippen LogP contribution is -2.50. The molecule has 2 aliphatic rings. The van der Waals surface area contributed by atoms with Crippen molar-refractivity contribution in [2.75, 3.05) is 33.3 Å². The molecule has 0 radical (unpaired) electrons. The Kier molecular flexibility index (Phi) is 7.33. The molecule has 0 spiro atoms. The van der Waals surface area contributed by atoms with Gasteiger partial charge < -0.3 is 25.0 Å². The number of ether oxygens (including phenoxy) is 1. The number of nitrogens with one attached hydrogen (secondary N) is 1. The summed E-state index contributed by atoms with van der Waals surface area (Å²) >= 11 is 0. The van der Waals surface area contributed by atoms with E-state index in [-0.39, 0.29) is 37.8 Å². The summed E-state index contributed by atoms with van der Waals surface area (Å²) < 4.78 is 5.53. The molecule has 9 nitrogen and oxygen atoms in total. The van der Waals surface area contributed by atoms with E-state index in [2.05, 4.69) is 5.32 Å². The second kappa shape index (κ2) is 10.6. The van der Waals surface area contributed by atoms with E-state index >= 15 is 0 Å². The number of alkyl carbamates (subject to hydrolysis) is 1. The quantitative estimate of drug-likeness (QED) is 0.630. The molecule has 1 atom stereocenters. The van der Waals surface area contributed by atoms with Crippen LogP contribution < -0.4 is 5.32 Å². The highest BCUT2D eigenvalue weighted by Crippen LogP contribution is 2.44. The maximum atomic E-state index is 13.1. The van der Waals surface area contributed by atoms with E-state index < -0.39 is 24.0 Å². The summed E-state index contributed by atoms with van der Waals surface area (Å²) in [5.41, 5.74) is 4.32. The van der Waals surface area contributed by atoms with Crippen molar-refractivity contribution in [2.45, 2.75) is 31.2 Å². The average molecular weight is 480 g/mol. The number of carbonyl (C=O) groups excluding carboxylic acids is 3. The van der Waals surface area contributed by atoms with Gasteiger partial charge in [0.15, 0.2) is 0 Å². The Bertz CT molecular complexity index is 1090. The van der Waals surface area contributed by atoms with Crippen LogP contribution in [0.25, 0.3) is 11.1 Å². The lowest BCUT2D eigenvalue weighted by atomic mass is 9.98. The number of fused-ring (bicyclic) bond motifs is 3. The Morgan fingerprint density at radius 1 is 1.06 bits per heavy atom. The van der Waals surface area contributed by atoms with Crippen molar-refractivity contribution in [1.29, 1.82) is 0 Å². The number of nitrogens with zero attached hydrogens (tertiary/aromatic N) is 2. The molecule has 0 aromatic heterocycles. The first-order valence-corrected chi connectivity index (χ1v) is 11.7. The summed E-state index contributed by atoms with van der Waals surface area (Å²) in [6, 6.07) is 14.8. The fourth-order valence-corrected chi connectivity index (χ4v) is 4.70. The van der Waals surface area contributed by atoms with Crippen molar-refractivity contribution in [3.8, 4) is 11.1 Å². The third kappa shape index (κ3) is 5.45. The fraction of sp³-hybridized carbons (Fsp3) is 0.385. The van der Waals surface area contributed by atoms with E-state index in [9.17, 15) is 19.2 Å². The molecule has 2 aromatic rings.